The van der Waals surface area contributed by atoms with E-state index in [1.165, 1.54) is 40.0 Å². The van der Waals surface area contributed by atoms with E-state index in [9.17, 15) is 18.8 Å². The molecule has 0 saturated carbocycles. The highest BCUT2D eigenvalue weighted by Gasteiger charge is 2.43. The Balaban J connectivity index is 1.55. The number of carbonyl (C=O) groups is 2. The molecule has 4 aromatic rings. The van der Waals surface area contributed by atoms with E-state index >= 15 is 0 Å². The first-order chi connectivity index (χ1) is 15.9. The Morgan fingerprint density at radius 3 is 2.45 bits per heavy atom. The van der Waals surface area contributed by atoms with Crippen molar-refractivity contribution >= 4 is 28.5 Å². The van der Waals surface area contributed by atoms with Crippen LogP contribution in [0.15, 0.2) is 76.1 Å². The first-order valence-electron chi connectivity index (χ1n) is 10.3. The minimum absolute atomic E-state index is 0.104. The smallest absolute Gasteiger partial charge is 0.332 e. The molecule has 3 heterocycles. The number of nitrogens with zero attached hydrogens (tertiary/aromatic N) is 4. The number of hydrogen-bond acceptors (Lipinski definition) is 5. The zero-order chi connectivity index (χ0) is 23.1. The molecule has 1 unspecified atom stereocenters. The molecular formula is C24H19FN4O4. The van der Waals surface area contributed by atoms with Gasteiger partial charge in [-0.2, -0.15) is 0 Å². The van der Waals surface area contributed by atoms with Gasteiger partial charge in [-0.1, -0.05) is 12.1 Å². The van der Waals surface area contributed by atoms with Crippen molar-refractivity contribution in [3.63, 3.8) is 0 Å². The number of furan rings is 1. The molecule has 1 fully saturated rings. The third kappa shape index (κ3) is 3.57. The van der Waals surface area contributed by atoms with Gasteiger partial charge in [0.15, 0.2) is 0 Å². The van der Waals surface area contributed by atoms with E-state index in [1.54, 1.807) is 43.3 Å². The van der Waals surface area contributed by atoms with Crippen LogP contribution in [0.1, 0.15) is 18.5 Å². The van der Waals surface area contributed by atoms with Crippen LogP contribution in [0, 0.1) is 5.82 Å². The molecule has 0 spiro atoms. The Labute approximate surface area is 187 Å². The highest BCUT2D eigenvalue weighted by atomic mass is 19.1. The summed E-state index contributed by atoms with van der Waals surface area (Å²) < 4.78 is 20.2. The van der Waals surface area contributed by atoms with Crippen LogP contribution in [0.25, 0.3) is 10.9 Å². The third-order valence-electron chi connectivity index (χ3n) is 5.69. The van der Waals surface area contributed by atoms with Crippen molar-refractivity contribution in [2.24, 2.45) is 0 Å². The molecule has 0 aliphatic carbocycles. The number of carbonyl (C=O) groups excluding carboxylic acids is 2. The number of halogens is 1. The zero-order valence-electron chi connectivity index (χ0n) is 17.6. The van der Waals surface area contributed by atoms with Crippen LogP contribution in [-0.2, 0) is 17.9 Å². The summed E-state index contributed by atoms with van der Waals surface area (Å²) in [6, 6.07) is 14.3. The molecule has 1 aliphatic heterocycles. The molecule has 0 radical (unpaired) electrons. The maximum Gasteiger partial charge on any atom is 0.332 e. The number of anilines is 1. The third-order valence-corrected chi connectivity index (χ3v) is 5.69. The van der Waals surface area contributed by atoms with Crippen LogP contribution < -0.4 is 10.5 Å². The van der Waals surface area contributed by atoms with Crippen LogP contribution in [0.3, 0.4) is 0 Å². The molecule has 5 rings (SSSR count). The van der Waals surface area contributed by atoms with E-state index in [1.807, 2.05) is 0 Å². The molecule has 8 nitrogen and oxygen atoms in total. The second-order valence-corrected chi connectivity index (χ2v) is 7.75. The van der Waals surface area contributed by atoms with E-state index in [4.69, 9.17) is 4.42 Å². The van der Waals surface area contributed by atoms with E-state index in [-0.39, 0.29) is 24.5 Å². The maximum atomic E-state index is 13.3. The molecule has 166 valence electrons. The molecule has 1 atom stereocenters. The van der Waals surface area contributed by atoms with Crippen LogP contribution in [0.2, 0.25) is 0 Å². The van der Waals surface area contributed by atoms with Gasteiger partial charge in [0.05, 0.1) is 30.3 Å². The lowest BCUT2D eigenvalue weighted by atomic mass is 10.2. The van der Waals surface area contributed by atoms with E-state index in [0.717, 1.165) is 4.90 Å². The SMILES string of the molecule is CC1C(=O)N(Cc2nc3ccccc3c(=O)n2Cc2ccco2)C(=O)N1c1ccc(F)cc1. The molecule has 0 N–H and O–H groups in total. The summed E-state index contributed by atoms with van der Waals surface area (Å²) in [6.07, 6.45) is 1.50. The lowest BCUT2D eigenvalue weighted by Crippen LogP contribution is -2.36. The summed E-state index contributed by atoms with van der Waals surface area (Å²) >= 11 is 0. The van der Waals surface area contributed by atoms with Crippen LogP contribution in [0.5, 0.6) is 0 Å². The van der Waals surface area contributed by atoms with Gasteiger partial charge in [-0.05, 0) is 55.5 Å². The first-order valence-corrected chi connectivity index (χ1v) is 10.3. The highest BCUT2D eigenvalue weighted by Crippen LogP contribution is 2.27. The van der Waals surface area contributed by atoms with Gasteiger partial charge in [0, 0.05) is 5.69 Å². The van der Waals surface area contributed by atoms with E-state index < -0.39 is 23.8 Å². The van der Waals surface area contributed by atoms with Crippen LogP contribution in [-0.4, -0.2) is 32.4 Å². The second-order valence-electron chi connectivity index (χ2n) is 7.75. The molecule has 0 bridgehead atoms. The van der Waals surface area contributed by atoms with E-state index in [0.29, 0.717) is 22.4 Å². The number of hydrogen-bond donors (Lipinski definition) is 0. The summed E-state index contributed by atoms with van der Waals surface area (Å²) in [5.41, 5.74) is 0.578. The molecule has 3 amide bonds. The maximum absolute atomic E-state index is 13.3. The number of benzene rings is 2. The van der Waals surface area contributed by atoms with Gasteiger partial charge in [0.2, 0.25) is 0 Å². The van der Waals surface area contributed by atoms with Crippen LogP contribution in [0.4, 0.5) is 14.9 Å². The number of urea groups is 1. The highest BCUT2D eigenvalue weighted by molar-refractivity contribution is 6.13. The predicted octanol–water partition coefficient (Wildman–Crippen LogP) is 3.53. The molecule has 2 aromatic carbocycles. The lowest BCUT2D eigenvalue weighted by molar-refractivity contribution is -0.127. The Hall–Kier alpha value is -4.27. The molecule has 1 aliphatic rings. The van der Waals surface area contributed by atoms with Crippen molar-refractivity contribution in [2.75, 3.05) is 4.90 Å². The summed E-state index contributed by atoms with van der Waals surface area (Å²) in [4.78, 5) is 46.4. The Kier molecular flexibility index (Phi) is 5.01. The average Bonchev–Trinajstić information content (AvgIpc) is 3.40. The fourth-order valence-corrected chi connectivity index (χ4v) is 4.00. The lowest BCUT2D eigenvalue weighted by Gasteiger charge is -2.20. The fraction of sp³-hybridized carbons (Fsp3) is 0.167. The van der Waals surface area contributed by atoms with Gasteiger partial charge in [-0.25, -0.2) is 14.2 Å². The van der Waals surface area contributed by atoms with Gasteiger partial charge < -0.3 is 4.42 Å². The van der Waals surface area contributed by atoms with Crippen molar-refractivity contribution in [2.45, 2.75) is 26.1 Å². The monoisotopic (exact) mass is 446 g/mol. The number of amides is 3. The van der Waals surface area contributed by atoms with Gasteiger partial charge in [0.1, 0.15) is 23.4 Å². The predicted molar refractivity (Wildman–Crippen MR) is 118 cm³/mol. The molecule has 9 heteroatoms. The van der Waals surface area contributed by atoms with Crippen LogP contribution >= 0.6 is 0 Å². The van der Waals surface area contributed by atoms with Crippen molar-refractivity contribution in [1.29, 1.82) is 0 Å². The quantitative estimate of drug-likeness (QED) is 0.438. The number of rotatable bonds is 5. The number of para-hydroxylation sites is 1. The Bertz CT molecular complexity index is 1410. The van der Waals surface area contributed by atoms with Gasteiger partial charge >= 0.3 is 6.03 Å². The minimum atomic E-state index is -0.784. The molecule has 1 saturated heterocycles. The summed E-state index contributed by atoms with van der Waals surface area (Å²) in [6.45, 7) is 1.51. The minimum Gasteiger partial charge on any atom is -0.467 e. The standard InChI is InChI=1S/C24H19FN4O4/c1-15-22(30)28(24(32)29(15)17-10-8-16(25)9-11-17)14-21-26-20-7-3-2-6-19(20)23(31)27(21)13-18-5-4-12-33-18/h2-12,15H,13-14H2,1H3. The van der Waals surface area contributed by atoms with Crippen molar-refractivity contribution in [1.82, 2.24) is 14.5 Å². The number of aromatic nitrogens is 2. The largest absolute Gasteiger partial charge is 0.467 e. The second kappa shape index (κ2) is 8.01. The Morgan fingerprint density at radius 1 is 0.970 bits per heavy atom. The molecule has 2 aromatic heterocycles. The topological polar surface area (TPSA) is 88.6 Å². The zero-order valence-corrected chi connectivity index (χ0v) is 17.6. The van der Waals surface area contributed by atoms with Gasteiger partial charge in [0.25, 0.3) is 11.5 Å². The summed E-state index contributed by atoms with van der Waals surface area (Å²) in [5, 5.41) is 0.424. The Morgan fingerprint density at radius 2 is 1.73 bits per heavy atom. The number of fused-ring (bicyclic) bond motifs is 1. The summed E-state index contributed by atoms with van der Waals surface area (Å²) in [5.74, 6) is -0.0828. The first kappa shape index (κ1) is 20.6. The average molecular weight is 446 g/mol. The fourth-order valence-electron chi connectivity index (χ4n) is 4.00. The van der Waals surface area contributed by atoms with E-state index in [2.05, 4.69) is 4.98 Å². The molecule has 33 heavy (non-hydrogen) atoms. The van der Waals surface area contributed by atoms with Gasteiger partial charge in [-0.15, -0.1) is 0 Å². The van der Waals surface area contributed by atoms with Gasteiger partial charge in [-0.3, -0.25) is 24.0 Å². The number of imide groups is 1. The van der Waals surface area contributed by atoms with Crippen molar-refractivity contribution in [3.05, 3.63) is 94.7 Å². The van der Waals surface area contributed by atoms with Crippen molar-refractivity contribution < 1.29 is 18.4 Å². The molecular weight excluding hydrogens is 427 g/mol. The summed E-state index contributed by atoms with van der Waals surface area (Å²) in [7, 11) is 0. The normalized spacial score (nSPS) is 16.2. The van der Waals surface area contributed by atoms with Crippen molar-refractivity contribution in [3.8, 4) is 0 Å².